The highest BCUT2D eigenvalue weighted by atomic mass is 32.2. The van der Waals surface area contributed by atoms with Crippen LogP contribution >= 0.6 is 11.3 Å². The van der Waals surface area contributed by atoms with Gasteiger partial charge in [0.25, 0.3) is 0 Å². The van der Waals surface area contributed by atoms with E-state index in [1.165, 1.54) is 12.1 Å². The Kier molecular flexibility index (Phi) is 4.20. The van der Waals surface area contributed by atoms with Crippen LogP contribution in [0.4, 0.5) is 0 Å². The first kappa shape index (κ1) is 15.4. The number of rotatable bonds is 6. The van der Waals surface area contributed by atoms with Crippen LogP contribution in [0.2, 0.25) is 0 Å². The standard InChI is InChI=1S/C13H15NO6S2/c15-13(16)12(14-20-8-5-6-19-7-8)10-3-4-11(21-10)22(17,18)9-1-2-9/h3-4,8-9H,1-2,5-7H2,(H,15,16)/t8-/m1/s1. The Hall–Kier alpha value is -1.45. The fourth-order valence-electron chi connectivity index (χ4n) is 2.06. The summed E-state index contributed by atoms with van der Waals surface area (Å²) in [5.41, 5.74) is -0.283. The van der Waals surface area contributed by atoms with E-state index in [1.807, 2.05) is 0 Å². The van der Waals surface area contributed by atoms with E-state index in [9.17, 15) is 18.3 Å². The topological polar surface area (TPSA) is 102 Å². The molecule has 22 heavy (non-hydrogen) atoms. The van der Waals surface area contributed by atoms with Crippen LogP contribution in [-0.2, 0) is 24.2 Å². The molecule has 1 aromatic heterocycles. The molecule has 120 valence electrons. The zero-order valence-corrected chi connectivity index (χ0v) is 13.2. The first-order valence-corrected chi connectivity index (χ1v) is 9.23. The van der Waals surface area contributed by atoms with E-state index in [2.05, 4.69) is 5.16 Å². The summed E-state index contributed by atoms with van der Waals surface area (Å²) in [5.74, 6) is -1.25. The van der Waals surface area contributed by atoms with Gasteiger partial charge in [0.05, 0.1) is 23.3 Å². The van der Waals surface area contributed by atoms with E-state index in [4.69, 9.17) is 9.57 Å². The van der Waals surface area contributed by atoms with Crippen LogP contribution in [0.5, 0.6) is 0 Å². The monoisotopic (exact) mass is 345 g/mol. The Labute approximate surface area is 131 Å². The molecular weight excluding hydrogens is 330 g/mol. The molecular formula is C13H15NO6S2. The van der Waals surface area contributed by atoms with Gasteiger partial charge in [-0.3, -0.25) is 0 Å². The number of aliphatic carboxylic acids is 1. The smallest absolute Gasteiger partial charge is 0.359 e. The summed E-state index contributed by atoms with van der Waals surface area (Å²) in [5, 5.41) is 12.6. The largest absolute Gasteiger partial charge is 0.476 e. The highest BCUT2D eigenvalue weighted by molar-refractivity contribution is 7.94. The zero-order chi connectivity index (χ0) is 15.7. The van der Waals surface area contributed by atoms with Crippen molar-refractivity contribution in [3.8, 4) is 0 Å². The number of thiophene rings is 1. The van der Waals surface area contributed by atoms with E-state index in [1.54, 1.807) is 0 Å². The maximum Gasteiger partial charge on any atom is 0.359 e. The molecule has 3 rings (SSSR count). The van der Waals surface area contributed by atoms with Gasteiger partial charge < -0.3 is 14.7 Å². The number of oxime groups is 1. The second kappa shape index (κ2) is 5.98. The average molecular weight is 345 g/mol. The molecule has 1 aromatic rings. The Morgan fingerprint density at radius 2 is 2.14 bits per heavy atom. The van der Waals surface area contributed by atoms with Crippen molar-refractivity contribution in [2.75, 3.05) is 13.2 Å². The van der Waals surface area contributed by atoms with E-state index in [0.717, 1.165) is 11.3 Å². The third-order valence-corrected chi connectivity index (χ3v) is 7.32. The molecule has 1 saturated carbocycles. The summed E-state index contributed by atoms with van der Waals surface area (Å²) in [4.78, 5) is 16.8. The number of ether oxygens (including phenoxy) is 1. The molecule has 2 fully saturated rings. The van der Waals surface area contributed by atoms with Crippen molar-refractivity contribution in [1.82, 2.24) is 0 Å². The second-order valence-electron chi connectivity index (χ2n) is 5.20. The van der Waals surface area contributed by atoms with Crippen molar-refractivity contribution in [3.63, 3.8) is 0 Å². The molecule has 1 aliphatic heterocycles. The summed E-state index contributed by atoms with van der Waals surface area (Å²) in [7, 11) is -3.32. The first-order valence-electron chi connectivity index (χ1n) is 6.87. The highest BCUT2D eigenvalue weighted by Gasteiger charge is 2.38. The van der Waals surface area contributed by atoms with E-state index in [0.29, 0.717) is 32.5 Å². The molecule has 2 heterocycles. The molecule has 1 N–H and O–H groups in total. The fourth-order valence-corrected chi connectivity index (χ4v) is 5.25. The van der Waals surface area contributed by atoms with Gasteiger partial charge in [0.15, 0.2) is 15.9 Å². The van der Waals surface area contributed by atoms with Crippen molar-refractivity contribution in [2.24, 2.45) is 5.16 Å². The lowest BCUT2D eigenvalue weighted by Gasteiger charge is -2.05. The Morgan fingerprint density at radius 3 is 2.73 bits per heavy atom. The fraction of sp³-hybridized carbons (Fsp3) is 0.538. The summed E-state index contributed by atoms with van der Waals surface area (Å²) in [6.07, 6.45) is 1.73. The van der Waals surface area contributed by atoms with Crippen LogP contribution in [0.15, 0.2) is 21.5 Å². The van der Waals surface area contributed by atoms with Gasteiger partial charge in [-0.05, 0) is 25.0 Å². The second-order valence-corrected chi connectivity index (χ2v) is 8.74. The van der Waals surface area contributed by atoms with Gasteiger partial charge in [-0.1, -0.05) is 5.16 Å². The van der Waals surface area contributed by atoms with Crippen LogP contribution in [0.25, 0.3) is 0 Å². The minimum absolute atomic E-state index is 0.183. The van der Waals surface area contributed by atoms with Gasteiger partial charge in [0, 0.05) is 6.42 Å². The lowest BCUT2D eigenvalue weighted by atomic mass is 10.3. The van der Waals surface area contributed by atoms with Gasteiger partial charge in [0.2, 0.25) is 5.71 Å². The summed E-state index contributed by atoms with van der Waals surface area (Å²) >= 11 is 0.916. The zero-order valence-electron chi connectivity index (χ0n) is 11.6. The van der Waals surface area contributed by atoms with Crippen molar-refractivity contribution in [3.05, 3.63) is 17.0 Å². The molecule has 7 nitrogen and oxygen atoms in total. The minimum atomic E-state index is -3.32. The molecule has 9 heteroatoms. The maximum absolute atomic E-state index is 12.1. The van der Waals surface area contributed by atoms with Gasteiger partial charge in [-0.15, -0.1) is 11.3 Å². The number of nitrogens with zero attached hydrogens (tertiary/aromatic N) is 1. The highest BCUT2D eigenvalue weighted by Crippen LogP contribution is 2.36. The molecule has 0 spiro atoms. The van der Waals surface area contributed by atoms with Gasteiger partial charge >= 0.3 is 5.97 Å². The van der Waals surface area contributed by atoms with Gasteiger partial charge in [0.1, 0.15) is 4.21 Å². The van der Waals surface area contributed by atoms with Crippen LogP contribution < -0.4 is 0 Å². The predicted octanol–water partition coefficient (Wildman–Crippen LogP) is 1.28. The van der Waals surface area contributed by atoms with Gasteiger partial charge in [-0.25, -0.2) is 13.2 Å². The normalized spacial score (nSPS) is 22.7. The quantitative estimate of drug-likeness (QED) is 0.615. The SMILES string of the molecule is O=C(O)C(=NO[C@@H]1CCOC1)c1ccc(S(=O)(=O)C2CC2)s1. The van der Waals surface area contributed by atoms with E-state index in [-0.39, 0.29) is 26.2 Å². The lowest BCUT2D eigenvalue weighted by molar-refractivity contribution is -0.129. The number of carboxylic acid groups (broad SMARTS) is 1. The summed E-state index contributed by atoms with van der Waals surface area (Å²) in [6, 6.07) is 2.90. The third-order valence-electron chi connectivity index (χ3n) is 3.44. The lowest BCUT2D eigenvalue weighted by Crippen LogP contribution is -2.16. The molecule has 0 bridgehead atoms. The van der Waals surface area contributed by atoms with Crippen LogP contribution in [0.1, 0.15) is 24.1 Å². The molecule has 1 atom stereocenters. The van der Waals surface area contributed by atoms with Crippen LogP contribution in [-0.4, -0.2) is 49.8 Å². The molecule has 0 amide bonds. The van der Waals surface area contributed by atoms with E-state index >= 15 is 0 Å². The number of hydrogen-bond donors (Lipinski definition) is 1. The molecule has 2 aliphatic rings. The van der Waals surface area contributed by atoms with Crippen molar-refractivity contribution in [2.45, 2.75) is 34.8 Å². The number of carbonyl (C=O) groups is 1. The maximum atomic E-state index is 12.1. The molecule has 1 aliphatic carbocycles. The first-order chi connectivity index (χ1) is 10.5. The number of sulfone groups is 1. The van der Waals surface area contributed by atoms with Gasteiger partial charge in [-0.2, -0.15) is 0 Å². The molecule has 1 saturated heterocycles. The third kappa shape index (κ3) is 3.16. The summed E-state index contributed by atoms with van der Waals surface area (Å²) in [6.45, 7) is 0.938. The van der Waals surface area contributed by atoms with Crippen molar-refractivity contribution in [1.29, 1.82) is 0 Å². The predicted molar refractivity (Wildman–Crippen MR) is 79.0 cm³/mol. The van der Waals surface area contributed by atoms with Crippen molar-refractivity contribution < 1.29 is 27.9 Å². The van der Waals surface area contributed by atoms with E-state index < -0.39 is 15.8 Å². The molecule has 0 radical (unpaired) electrons. The van der Waals surface area contributed by atoms with Crippen molar-refractivity contribution >= 4 is 32.9 Å². The Bertz CT molecular complexity index is 698. The molecule has 0 unspecified atom stereocenters. The number of hydrogen-bond acceptors (Lipinski definition) is 7. The Morgan fingerprint density at radius 1 is 1.36 bits per heavy atom. The average Bonchev–Trinajstić information content (AvgIpc) is 3.00. The summed E-state index contributed by atoms with van der Waals surface area (Å²) < 4.78 is 29.6. The van der Waals surface area contributed by atoms with Crippen LogP contribution in [0.3, 0.4) is 0 Å². The minimum Gasteiger partial charge on any atom is -0.476 e. The van der Waals surface area contributed by atoms with Crippen LogP contribution in [0, 0.1) is 0 Å². The number of carboxylic acids is 1. The Balaban J connectivity index is 1.81. The molecule has 0 aromatic carbocycles.